The minimum absolute atomic E-state index is 0.0337. The van der Waals surface area contributed by atoms with Crippen molar-refractivity contribution in [3.05, 3.63) is 30.1 Å². The predicted octanol–water partition coefficient (Wildman–Crippen LogP) is 0.379. The van der Waals surface area contributed by atoms with Crippen LogP contribution in [0.25, 0.3) is 0 Å². The number of carbonyl (C=O) groups is 1. The Bertz CT molecular complexity index is 750. The van der Waals surface area contributed by atoms with E-state index in [4.69, 9.17) is 4.74 Å². The Balaban J connectivity index is 1.60. The van der Waals surface area contributed by atoms with Crippen molar-refractivity contribution in [1.29, 1.82) is 0 Å². The van der Waals surface area contributed by atoms with E-state index in [1.54, 1.807) is 12.0 Å². The maximum absolute atomic E-state index is 13.4. The van der Waals surface area contributed by atoms with Crippen molar-refractivity contribution in [3.63, 3.8) is 0 Å². The van der Waals surface area contributed by atoms with Crippen molar-refractivity contribution < 1.29 is 22.3 Å². The summed E-state index contributed by atoms with van der Waals surface area (Å²) in [5.74, 6) is -0.485. The van der Waals surface area contributed by atoms with E-state index in [0.29, 0.717) is 45.9 Å². The molecule has 7 nitrogen and oxygen atoms in total. The zero-order valence-corrected chi connectivity index (χ0v) is 15.6. The number of halogens is 1. The molecule has 3 rings (SSSR count). The Hall–Kier alpha value is -1.55. The quantitative estimate of drug-likeness (QED) is 0.708. The molecule has 2 heterocycles. The molecule has 1 amide bonds. The molecule has 0 bridgehead atoms. The first-order valence-corrected chi connectivity index (χ1v) is 10.1. The van der Waals surface area contributed by atoms with Crippen molar-refractivity contribution in [2.75, 3.05) is 53.0 Å². The maximum Gasteiger partial charge on any atom is 0.243 e. The predicted molar refractivity (Wildman–Crippen MR) is 93.6 cm³/mol. The van der Waals surface area contributed by atoms with E-state index >= 15 is 0 Å². The second-order valence-corrected chi connectivity index (χ2v) is 8.46. The summed E-state index contributed by atoms with van der Waals surface area (Å²) in [5, 5.41) is 0. The third-order valence-electron chi connectivity index (χ3n) is 4.98. The van der Waals surface area contributed by atoms with Gasteiger partial charge >= 0.3 is 0 Å². The molecule has 1 atom stereocenters. The molecule has 2 saturated heterocycles. The van der Waals surface area contributed by atoms with Crippen molar-refractivity contribution in [3.8, 4) is 0 Å². The van der Waals surface area contributed by atoms with E-state index in [-0.39, 0.29) is 16.8 Å². The monoisotopic (exact) mass is 385 g/mol. The Morgan fingerprint density at radius 1 is 1.19 bits per heavy atom. The van der Waals surface area contributed by atoms with Crippen LogP contribution in [0.1, 0.15) is 6.42 Å². The SMILES string of the molecule is COCCN1CCC(N2CCN(S(=O)(=O)c3cccc(F)c3)CC2)C1=O. The van der Waals surface area contributed by atoms with E-state index in [2.05, 4.69) is 0 Å². The van der Waals surface area contributed by atoms with E-state index < -0.39 is 15.8 Å². The third-order valence-corrected chi connectivity index (χ3v) is 6.88. The molecular weight excluding hydrogens is 361 g/mol. The van der Waals surface area contributed by atoms with E-state index in [1.807, 2.05) is 4.90 Å². The molecule has 2 fully saturated rings. The number of benzene rings is 1. The van der Waals surface area contributed by atoms with Crippen LogP contribution in [0.2, 0.25) is 0 Å². The largest absolute Gasteiger partial charge is 0.383 e. The van der Waals surface area contributed by atoms with Crippen LogP contribution in [-0.4, -0.2) is 87.5 Å². The van der Waals surface area contributed by atoms with Gasteiger partial charge in [0, 0.05) is 46.4 Å². The van der Waals surface area contributed by atoms with Gasteiger partial charge in [-0.15, -0.1) is 0 Å². The van der Waals surface area contributed by atoms with Gasteiger partial charge in [-0.05, 0) is 24.6 Å². The van der Waals surface area contributed by atoms with Crippen LogP contribution < -0.4 is 0 Å². The summed E-state index contributed by atoms with van der Waals surface area (Å²) in [4.78, 5) is 16.3. The lowest BCUT2D eigenvalue weighted by Gasteiger charge is -2.36. The second-order valence-electron chi connectivity index (χ2n) is 6.52. The van der Waals surface area contributed by atoms with Crippen LogP contribution in [0.3, 0.4) is 0 Å². The van der Waals surface area contributed by atoms with Crippen LogP contribution in [0.15, 0.2) is 29.2 Å². The Morgan fingerprint density at radius 3 is 2.58 bits per heavy atom. The number of amides is 1. The first-order chi connectivity index (χ1) is 12.4. The molecule has 1 aromatic carbocycles. The van der Waals surface area contributed by atoms with E-state index in [1.165, 1.54) is 22.5 Å². The summed E-state index contributed by atoms with van der Waals surface area (Å²) in [6.45, 7) is 3.36. The topological polar surface area (TPSA) is 70.2 Å². The smallest absolute Gasteiger partial charge is 0.243 e. The first-order valence-electron chi connectivity index (χ1n) is 8.71. The molecule has 2 aliphatic rings. The Labute approximate surface area is 153 Å². The van der Waals surface area contributed by atoms with E-state index in [9.17, 15) is 17.6 Å². The summed E-state index contributed by atoms with van der Waals surface area (Å²) < 4.78 is 45.1. The van der Waals surface area contributed by atoms with Gasteiger partial charge in [0.2, 0.25) is 15.9 Å². The zero-order valence-electron chi connectivity index (χ0n) is 14.8. The number of sulfonamides is 1. The van der Waals surface area contributed by atoms with Gasteiger partial charge < -0.3 is 9.64 Å². The lowest BCUT2D eigenvalue weighted by atomic mass is 10.2. The molecule has 1 unspecified atom stereocenters. The number of nitrogens with zero attached hydrogens (tertiary/aromatic N) is 3. The summed E-state index contributed by atoms with van der Waals surface area (Å²) in [6.07, 6.45) is 0.749. The number of piperazine rings is 1. The second kappa shape index (κ2) is 7.99. The number of ether oxygens (including phenoxy) is 1. The van der Waals surface area contributed by atoms with Gasteiger partial charge in [-0.3, -0.25) is 9.69 Å². The number of methoxy groups -OCH3 is 1. The minimum atomic E-state index is -3.71. The summed E-state index contributed by atoms with van der Waals surface area (Å²) in [6, 6.07) is 4.86. The zero-order chi connectivity index (χ0) is 18.7. The summed E-state index contributed by atoms with van der Waals surface area (Å²) in [5.41, 5.74) is 0. The fourth-order valence-electron chi connectivity index (χ4n) is 3.52. The van der Waals surface area contributed by atoms with Gasteiger partial charge in [0.05, 0.1) is 17.5 Å². The molecule has 144 valence electrons. The summed E-state index contributed by atoms with van der Waals surface area (Å²) >= 11 is 0. The highest BCUT2D eigenvalue weighted by atomic mass is 32.2. The molecule has 1 aromatic rings. The van der Waals surface area contributed by atoms with Crippen molar-refractivity contribution in [2.45, 2.75) is 17.4 Å². The lowest BCUT2D eigenvalue weighted by molar-refractivity contribution is -0.133. The molecule has 0 spiro atoms. The molecule has 0 aromatic heterocycles. The lowest BCUT2D eigenvalue weighted by Crippen LogP contribution is -2.53. The number of likely N-dealkylation sites (tertiary alicyclic amines) is 1. The van der Waals surface area contributed by atoms with Gasteiger partial charge in [0.1, 0.15) is 5.82 Å². The molecular formula is C17H24FN3O4S. The Morgan fingerprint density at radius 2 is 1.92 bits per heavy atom. The molecule has 0 saturated carbocycles. The van der Waals surface area contributed by atoms with Gasteiger partial charge in [-0.1, -0.05) is 6.07 Å². The molecule has 0 radical (unpaired) electrons. The van der Waals surface area contributed by atoms with Crippen LogP contribution in [-0.2, 0) is 19.6 Å². The number of rotatable bonds is 6. The molecule has 26 heavy (non-hydrogen) atoms. The third kappa shape index (κ3) is 3.90. The van der Waals surface area contributed by atoms with Gasteiger partial charge in [0.25, 0.3) is 0 Å². The molecule has 0 aliphatic carbocycles. The minimum Gasteiger partial charge on any atom is -0.383 e. The number of hydrogen-bond acceptors (Lipinski definition) is 5. The van der Waals surface area contributed by atoms with Crippen molar-refractivity contribution in [2.24, 2.45) is 0 Å². The normalized spacial score (nSPS) is 22.9. The average molecular weight is 385 g/mol. The molecule has 0 N–H and O–H groups in total. The van der Waals surface area contributed by atoms with Crippen LogP contribution in [0.4, 0.5) is 4.39 Å². The van der Waals surface area contributed by atoms with Gasteiger partial charge in [-0.25, -0.2) is 12.8 Å². The molecule has 2 aliphatic heterocycles. The van der Waals surface area contributed by atoms with Crippen molar-refractivity contribution in [1.82, 2.24) is 14.1 Å². The highest BCUT2D eigenvalue weighted by Gasteiger charge is 2.38. The highest BCUT2D eigenvalue weighted by Crippen LogP contribution is 2.22. The van der Waals surface area contributed by atoms with E-state index in [0.717, 1.165) is 12.5 Å². The molecule has 9 heteroatoms. The number of carbonyl (C=O) groups excluding carboxylic acids is 1. The van der Waals surface area contributed by atoms with Crippen LogP contribution >= 0.6 is 0 Å². The standard InChI is InChI=1S/C17H24FN3O4S/c1-25-12-11-20-6-5-16(17(20)22)19-7-9-21(10-8-19)26(23,24)15-4-2-3-14(18)13-15/h2-4,13,16H,5-12H2,1H3. The number of hydrogen-bond donors (Lipinski definition) is 0. The maximum atomic E-state index is 13.4. The fourth-order valence-corrected chi connectivity index (χ4v) is 4.97. The van der Waals surface area contributed by atoms with Crippen LogP contribution in [0.5, 0.6) is 0 Å². The van der Waals surface area contributed by atoms with Gasteiger partial charge in [0.15, 0.2) is 0 Å². The van der Waals surface area contributed by atoms with Crippen molar-refractivity contribution >= 4 is 15.9 Å². The first kappa shape index (κ1) is 19.2. The van der Waals surface area contributed by atoms with Gasteiger partial charge in [-0.2, -0.15) is 4.31 Å². The van der Waals surface area contributed by atoms with Crippen LogP contribution in [0, 0.1) is 5.82 Å². The highest BCUT2D eigenvalue weighted by molar-refractivity contribution is 7.89. The summed E-state index contributed by atoms with van der Waals surface area (Å²) in [7, 11) is -2.11. The Kier molecular flexibility index (Phi) is 5.91. The fraction of sp³-hybridized carbons (Fsp3) is 0.588. The average Bonchev–Trinajstić information content (AvgIpc) is 3.00.